The van der Waals surface area contributed by atoms with Crippen LogP contribution in [0.15, 0.2) is 4.99 Å². The summed E-state index contributed by atoms with van der Waals surface area (Å²) in [6.07, 6.45) is 3.45. The summed E-state index contributed by atoms with van der Waals surface area (Å²) in [5.41, 5.74) is 0. The van der Waals surface area contributed by atoms with Gasteiger partial charge in [0.05, 0.1) is 13.5 Å². The number of ether oxygens (including phenoxy) is 3. The van der Waals surface area contributed by atoms with Gasteiger partial charge in [-0.15, -0.1) is 24.0 Å². The predicted molar refractivity (Wildman–Crippen MR) is 100 cm³/mol. The molecule has 1 saturated heterocycles. The average Bonchev–Trinajstić information content (AvgIpc) is 2.56. The molecule has 136 valence electrons. The molecule has 0 aliphatic carbocycles. The molecule has 0 aromatic heterocycles. The van der Waals surface area contributed by atoms with Gasteiger partial charge >= 0.3 is 5.97 Å². The molecule has 1 aliphatic heterocycles. The van der Waals surface area contributed by atoms with Gasteiger partial charge < -0.3 is 24.8 Å². The Labute approximate surface area is 155 Å². The summed E-state index contributed by atoms with van der Waals surface area (Å²) in [5.74, 6) is 1.10. The third-order valence-corrected chi connectivity index (χ3v) is 3.53. The first-order valence-electron chi connectivity index (χ1n) is 7.93. The van der Waals surface area contributed by atoms with E-state index in [1.54, 1.807) is 7.05 Å². The molecule has 1 rings (SSSR count). The van der Waals surface area contributed by atoms with Crippen molar-refractivity contribution in [2.45, 2.75) is 25.7 Å². The largest absolute Gasteiger partial charge is 0.469 e. The molecule has 0 saturated carbocycles. The lowest BCUT2D eigenvalue weighted by Gasteiger charge is -2.21. The number of methoxy groups -OCH3 is 1. The number of esters is 1. The van der Waals surface area contributed by atoms with Crippen LogP contribution < -0.4 is 10.6 Å². The van der Waals surface area contributed by atoms with Gasteiger partial charge in [-0.1, -0.05) is 0 Å². The summed E-state index contributed by atoms with van der Waals surface area (Å²) in [7, 11) is 3.09. The van der Waals surface area contributed by atoms with E-state index in [-0.39, 0.29) is 29.9 Å². The Morgan fingerprint density at radius 1 is 1.26 bits per heavy atom. The van der Waals surface area contributed by atoms with Gasteiger partial charge in [0, 0.05) is 46.6 Å². The number of guanidine groups is 1. The van der Waals surface area contributed by atoms with Crippen molar-refractivity contribution in [3.8, 4) is 0 Å². The molecule has 0 radical (unpaired) electrons. The fourth-order valence-electron chi connectivity index (χ4n) is 2.15. The van der Waals surface area contributed by atoms with Crippen LogP contribution in [0.25, 0.3) is 0 Å². The maximum atomic E-state index is 11.0. The van der Waals surface area contributed by atoms with Crippen molar-refractivity contribution in [1.82, 2.24) is 10.6 Å². The molecule has 0 atom stereocenters. The normalized spacial score (nSPS) is 15.7. The first-order chi connectivity index (χ1) is 10.8. The molecule has 0 aromatic rings. The van der Waals surface area contributed by atoms with E-state index in [1.807, 2.05) is 0 Å². The van der Waals surface area contributed by atoms with E-state index >= 15 is 0 Å². The van der Waals surface area contributed by atoms with Gasteiger partial charge in [0.25, 0.3) is 0 Å². The second-order valence-electron chi connectivity index (χ2n) is 5.24. The molecule has 1 aliphatic rings. The zero-order valence-electron chi connectivity index (χ0n) is 14.1. The highest BCUT2D eigenvalue weighted by molar-refractivity contribution is 14.0. The van der Waals surface area contributed by atoms with Crippen LogP contribution in [0.4, 0.5) is 0 Å². The van der Waals surface area contributed by atoms with E-state index in [2.05, 4.69) is 20.4 Å². The zero-order valence-corrected chi connectivity index (χ0v) is 16.5. The van der Waals surface area contributed by atoms with E-state index < -0.39 is 0 Å². The molecule has 1 fully saturated rings. The van der Waals surface area contributed by atoms with Crippen LogP contribution in [0, 0.1) is 5.92 Å². The monoisotopic (exact) mass is 443 g/mol. The standard InChI is InChI=1S/C15H29N3O4.HI/c1-16-15(18-8-4-14(19)20-2)17-7-3-9-22-12-13-5-10-21-11-6-13;/h13H,3-12H2,1-2H3,(H2,16,17,18);1H. The molecular weight excluding hydrogens is 413 g/mol. The van der Waals surface area contributed by atoms with Gasteiger partial charge in [-0.05, 0) is 25.2 Å². The summed E-state index contributed by atoms with van der Waals surface area (Å²) in [6.45, 7) is 4.59. The maximum absolute atomic E-state index is 11.0. The van der Waals surface area contributed by atoms with Gasteiger partial charge in [0.2, 0.25) is 0 Å². The highest BCUT2D eigenvalue weighted by atomic mass is 127. The minimum absolute atomic E-state index is 0. The van der Waals surface area contributed by atoms with E-state index in [0.29, 0.717) is 24.8 Å². The molecule has 7 nitrogen and oxygen atoms in total. The van der Waals surface area contributed by atoms with Crippen LogP contribution in [0.5, 0.6) is 0 Å². The number of hydrogen-bond acceptors (Lipinski definition) is 5. The Kier molecular flexibility index (Phi) is 14.6. The van der Waals surface area contributed by atoms with Gasteiger partial charge in [-0.2, -0.15) is 0 Å². The summed E-state index contributed by atoms with van der Waals surface area (Å²) < 4.78 is 15.6. The van der Waals surface area contributed by atoms with E-state index in [4.69, 9.17) is 9.47 Å². The van der Waals surface area contributed by atoms with E-state index in [0.717, 1.165) is 52.2 Å². The van der Waals surface area contributed by atoms with Crippen molar-refractivity contribution in [1.29, 1.82) is 0 Å². The lowest BCUT2D eigenvalue weighted by atomic mass is 10.0. The third kappa shape index (κ3) is 11.5. The number of rotatable bonds is 9. The number of carbonyl (C=O) groups excluding carboxylic acids is 1. The summed E-state index contributed by atoms with van der Waals surface area (Å²) >= 11 is 0. The van der Waals surface area contributed by atoms with Crippen LogP contribution >= 0.6 is 24.0 Å². The lowest BCUT2D eigenvalue weighted by Crippen LogP contribution is -2.39. The number of nitrogens with zero attached hydrogens (tertiary/aromatic N) is 1. The number of carbonyl (C=O) groups is 1. The quantitative estimate of drug-likeness (QED) is 0.183. The molecule has 2 N–H and O–H groups in total. The van der Waals surface area contributed by atoms with Crippen LogP contribution in [-0.2, 0) is 19.0 Å². The van der Waals surface area contributed by atoms with Gasteiger partial charge in [-0.25, -0.2) is 0 Å². The molecule has 0 bridgehead atoms. The van der Waals surface area contributed by atoms with Crippen LogP contribution in [-0.4, -0.2) is 65.6 Å². The number of hydrogen-bond donors (Lipinski definition) is 2. The van der Waals surface area contributed by atoms with E-state index in [9.17, 15) is 4.79 Å². The average molecular weight is 443 g/mol. The molecule has 0 amide bonds. The number of halogens is 1. The highest BCUT2D eigenvalue weighted by Crippen LogP contribution is 2.14. The van der Waals surface area contributed by atoms with Crippen LogP contribution in [0.3, 0.4) is 0 Å². The minimum Gasteiger partial charge on any atom is -0.469 e. The second kappa shape index (κ2) is 14.9. The second-order valence-corrected chi connectivity index (χ2v) is 5.24. The minimum atomic E-state index is -0.232. The van der Waals surface area contributed by atoms with Gasteiger partial charge in [0.1, 0.15) is 0 Å². The molecule has 0 aromatic carbocycles. The zero-order chi connectivity index (χ0) is 16.0. The number of aliphatic imine (C=N–C) groups is 1. The Hall–Kier alpha value is -0.610. The fourth-order valence-corrected chi connectivity index (χ4v) is 2.15. The Balaban J connectivity index is 0.00000484. The van der Waals surface area contributed by atoms with Crippen molar-refractivity contribution in [2.75, 3.05) is 53.7 Å². The smallest absolute Gasteiger partial charge is 0.307 e. The van der Waals surface area contributed by atoms with Crippen molar-refractivity contribution in [2.24, 2.45) is 10.9 Å². The van der Waals surface area contributed by atoms with Crippen molar-refractivity contribution in [3.05, 3.63) is 0 Å². The first kappa shape index (κ1) is 22.4. The SMILES string of the molecule is CN=C(NCCCOCC1CCOCC1)NCCC(=O)OC.I. The molecular formula is C15H30IN3O4. The van der Waals surface area contributed by atoms with Crippen LogP contribution in [0.2, 0.25) is 0 Å². The molecule has 8 heteroatoms. The Bertz CT molecular complexity index is 337. The lowest BCUT2D eigenvalue weighted by molar-refractivity contribution is -0.140. The summed E-state index contributed by atoms with van der Waals surface area (Å²) in [6, 6.07) is 0. The fraction of sp³-hybridized carbons (Fsp3) is 0.867. The first-order valence-corrected chi connectivity index (χ1v) is 7.93. The summed E-state index contributed by atoms with van der Waals surface area (Å²) in [4.78, 5) is 15.1. The predicted octanol–water partition coefficient (Wildman–Crippen LogP) is 1.17. The third-order valence-electron chi connectivity index (χ3n) is 3.53. The summed E-state index contributed by atoms with van der Waals surface area (Å²) in [5, 5.41) is 6.25. The van der Waals surface area contributed by atoms with Crippen molar-refractivity contribution < 1.29 is 19.0 Å². The van der Waals surface area contributed by atoms with E-state index in [1.165, 1.54) is 7.11 Å². The molecule has 0 spiro atoms. The van der Waals surface area contributed by atoms with Gasteiger partial charge in [0.15, 0.2) is 5.96 Å². The highest BCUT2D eigenvalue weighted by Gasteiger charge is 2.13. The topological polar surface area (TPSA) is 81.2 Å². The van der Waals surface area contributed by atoms with Crippen molar-refractivity contribution >= 4 is 35.9 Å². The molecule has 23 heavy (non-hydrogen) atoms. The molecule has 1 heterocycles. The maximum Gasteiger partial charge on any atom is 0.307 e. The Morgan fingerprint density at radius 2 is 1.96 bits per heavy atom. The number of nitrogens with one attached hydrogen (secondary N) is 2. The van der Waals surface area contributed by atoms with Gasteiger partial charge in [-0.3, -0.25) is 9.79 Å². The van der Waals surface area contributed by atoms with Crippen molar-refractivity contribution in [3.63, 3.8) is 0 Å². The Morgan fingerprint density at radius 3 is 2.61 bits per heavy atom. The molecule has 0 unspecified atom stereocenters. The van der Waals surface area contributed by atoms with Crippen LogP contribution in [0.1, 0.15) is 25.7 Å².